The van der Waals surface area contributed by atoms with E-state index in [-0.39, 0.29) is 10.8 Å². The Bertz CT molecular complexity index is 1290. The Kier molecular flexibility index (Phi) is 4.74. The molecule has 1 aliphatic carbocycles. The van der Waals surface area contributed by atoms with E-state index in [9.17, 15) is 0 Å². The van der Waals surface area contributed by atoms with Crippen LogP contribution in [0.4, 0.5) is 11.4 Å². The zero-order chi connectivity index (χ0) is 22.5. The number of anilines is 2. The fourth-order valence-electron chi connectivity index (χ4n) is 4.87. The molecule has 0 saturated carbocycles. The van der Waals surface area contributed by atoms with Gasteiger partial charge in [-0.3, -0.25) is 0 Å². The molecule has 0 heterocycles. The molecule has 0 aromatic heterocycles. The molecular weight excluding hydrogens is 386 g/mol. The summed E-state index contributed by atoms with van der Waals surface area (Å²) >= 11 is 0. The summed E-state index contributed by atoms with van der Waals surface area (Å²) < 4.78 is 0. The third-order valence-corrected chi connectivity index (χ3v) is 6.80. The highest BCUT2D eigenvalue weighted by atomic mass is 14.9. The van der Waals surface area contributed by atoms with Crippen LogP contribution in [0.5, 0.6) is 0 Å². The van der Waals surface area contributed by atoms with E-state index in [1.807, 2.05) is 0 Å². The summed E-state index contributed by atoms with van der Waals surface area (Å²) in [4.78, 5) is 0. The van der Waals surface area contributed by atoms with Crippen LogP contribution in [0.1, 0.15) is 51.3 Å². The van der Waals surface area contributed by atoms with E-state index in [1.165, 1.54) is 38.9 Å². The van der Waals surface area contributed by atoms with Crippen LogP contribution in [-0.2, 0) is 10.8 Å². The third kappa shape index (κ3) is 3.52. The lowest BCUT2D eigenvalue weighted by Crippen LogP contribution is -2.17. The van der Waals surface area contributed by atoms with Gasteiger partial charge in [-0.1, -0.05) is 101 Å². The molecule has 0 radical (unpaired) electrons. The van der Waals surface area contributed by atoms with Gasteiger partial charge in [0.15, 0.2) is 0 Å². The second kappa shape index (κ2) is 7.38. The molecule has 0 spiro atoms. The minimum atomic E-state index is 0.0116. The summed E-state index contributed by atoms with van der Waals surface area (Å²) in [7, 11) is 0. The number of hydrogen-bond donors (Lipinski definition) is 1. The molecule has 0 amide bonds. The predicted molar refractivity (Wildman–Crippen MR) is 138 cm³/mol. The number of hydrogen-bond acceptors (Lipinski definition) is 1. The normalized spacial score (nSPS) is 14.0. The van der Waals surface area contributed by atoms with Gasteiger partial charge in [-0.2, -0.15) is 0 Å². The van der Waals surface area contributed by atoms with Gasteiger partial charge in [0.1, 0.15) is 0 Å². The Hall–Kier alpha value is -3.32. The number of nitrogens with one attached hydrogen (secondary N) is 1. The zero-order valence-corrected chi connectivity index (χ0v) is 19.7. The fraction of sp³-hybridized carbons (Fsp3) is 0.226. The van der Waals surface area contributed by atoms with Crippen LogP contribution in [0.3, 0.4) is 0 Å². The lowest BCUT2D eigenvalue weighted by Gasteiger charge is -2.25. The maximum Gasteiger partial charge on any atom is 0.0390 e. The summed E-state index contributed by atoms with van der Waals surface area (Å²) in [6.45, 7) is 11.6. The van der Waals surface area contributed by atoms with Crippen molar-refractivity contribution in [2.24, 2.45) is 0 Å². The van der Waals surface area contributed by atoms with Crippen molar-refractivity contribution in [2.45, 2.75) is 45.4 Å². The molecule has 0 unspecified atom stereocenters. The van der Waals surface area contributed by atoms with Crippen molar-refractivity contribution in [3.8, 4) is 22.3 Å². The van der Waals surface area contributed by atoms with Gasteiger partial charge >= 0.3 is 0 Å². The Morgan fingerprint density at radius 1 is 0.594 bits per heavy atom. The first kappa shape index (κ1) is 20.6. The summed E-state index contributed by atoms with van der Waals surface area (Å²) in [6, 6.07) is 33.0. The van der Waals surface area contributed by atoms with Gasteiger partial charge in [0, 0.05) is 16.8 Å². The van der Waals surface area contributed by atoms with Crippen molar-refractivity contribution < 1.29 is 0 Å². The Morgan fingerprint density at radius 2 is 1.31 bits per heavy atom. The topological polar surface area (TPSA) is 12.0 Å². The van der Waals surface area contributed by atoms with Gasteiger partial charge in [0.2, 0.25) is 0 Å². The van der Waals surface area contributed by atoms with Gasteiger partial charge in [0.05, 0.1) is 0 Å². The van der Waals surface area contributed by atoms with Crippen molar-refractivity contribution in [3.63, 3.8) is 0 Å². The lowest BCUT2D eigenvalue weighted by atomic mass is 9.79. The number of rotatable bonds is 3. The Morgan fingerprint density at radius 3 is 2.06 bits per heavy atom. The monoisotopic (exact) mass is 417 g/mol. The highest BCUT2D eigenvalue weighted by molar-refractivity contribution is 5.84. The lowest BCUT2D eigenvalue weighted by molar-refractivity contribution is 0.584. The summed E-state index contributed by atoms with van der Waals surface area (Å²) in [5.41, 5.74) is 11.8. The van der Waals surface area contributed by atoms with E-state index in [4.69, 9.17) is 0 Å². The molecule has 0 saturated heterocycles. The number of fused-ring (bicyclic) bond motifs is 3. The van der Waals surface area contributed by atoms with Gasteiger partial charge in [-0.05, 0) is 68.6 Å². The zero-order valence-electron chi connectivity index (χ0n) is 19.7. The highest BCUT2D eigenvalue weighted by Crippen LogP contribution is 2.50. The van der Waals surface area contributed by atoms with Crippen LogP contribution in [0.2, 0.25) is 0 Å². The molecule has 1 aliphatic rings. The maximum absolute atomic E-state index is 3.64. The van der Waals surface area contributed by atoms with E-state index >= 15 is 0 Å². The molecular formula is C31H31N. The molecule has 0 atom stereocenters. The third-order valence-electron chi connectivity index (χ3n) is 6.80. The summed E-state index contributed by atoms with van der Waals surface area (Å²) in [5, 5.41) is 3.64. The quantitative estimate of drug-likeness (QED) is 0.351. The van der Waals surface area contributed by atoms with Gasteiger partial charge in [-0.15, -0.1) is 0 Å². The molecule has 5 rings (SSSR count). The van der Waals surface area contributed by atoms with Gasteiger partial charge < -0.3 is 5.32 Å². The van der Waals surface area contributed by atoms with Crippen LogP contribution < -0.4 is 5.32 Å². The van der Waals surface area contributed by atoms with Crippen molar-refractivity contribution in [2.75, 3.05) is 5.32 Å². The minimum absolute atomic E-state index is 0.0116. The molecule has 160 valence electrons. The minimum Gasteiger partial charge on any atom is -0.355 e. The Balaban J connectivity index is 1.51. The first-order valence-electron chi connectivity index (χ1n) is 11.5. The molecule has 0 fully saturated rings. The number of benzene rings is 4. The largest absolute Gasteiger partial charge is 0.355 e. The van der Waals surface area contributed by atoms with E-state index in [0.29, 0.717) is 0 Å². The second-order valence-corrected chi connectivity index (χ2v) is 10.5. The predicted octanol–water partition coefficient (Wildman–Crippen LogP) is 8.70. The van der Waals surface area contributed by atoms with E-state index in [1.54, 1.807) is 0 Å². The molecule has 4 aromatic rings. The molecule has 1 N–H and O–H groups in total. The standard InChI is InChI=1S/C31H31N/c1-30(2,3)23-14-16-26-27-20-25(15-17-28(27)31(4,5)29(26)19-23)32-24-13-9-12-22(18-24)21-10-7-6-8-11-21/h6-20,32H,1-5H3. The van der Waals surface area contributed by atoms with Crippen molar-refractivity contribution in [1.29, 1.82) is 0 Å². The summed E-state index contributed by atoms with van der Waals surface area (Å²) in [6.07, 6.45) is 0. The molecule has 0 bridgehead atoms. The maximum atomic E-state index is 3.64. The average Bonchev–Trinajstić information content (AvgIpc) is 3.00. The average molecular weight is 418 g/mol. The van der Waals surface area contributed by atoms with Crippen LogP contribution in [-0.4, -0.2) is 0 Å². The first-order valence-corrected chi connectivity index (χ1v) is 11.5. The van der Waals surface area contributed by atoms with E-state index < -0.39 is 0 Å². The van der Waals surface area contributed by atoms with Crippen molar-refractivity contribution >= 4 is 11.4 Å². The van der Waals surface area contributed by atoms with Crippen molar-refractivity contribution in [3.05, 3.63) is 108 Å². The second-order valence-electron chi connectivity index (χ2n) is 10.5. The van der Waals surface area contributed by atoms with Gasteiger partial charge in [0.25, 0.3) is 0 Å². The Labute approximate surface area is 192 Å². The summed E-state index contributed by atoms with van der Waals surface area (Å²) in [5.74, 6) is 0. The molecule has 0 aliphatic heterocycles. The molecule has 1 nitrogen and oxygen atoms in total. The smallest absolute Gasteiger partial charge is 0.0390 e. The first-order chi connectivity index (χ1) is 15.2. The molecule has 1 heteroatoms. The van der Waals surface area contributed by atoms with Crippen LogP contribution >= 0.6 is 0 Å². The fourth-order valence-corrected chi connectivity index (χ4v) is 4.87. The highest BCUT2D eigenvalue weighted by Gasteiger charge is 2.36. The van der Waals surface area contributed by atoms with Crippen LogP contribution in [0, 0.1) is 0 Å². The van der Waals surface area contributed by atoms with Crippen LogP contribution in [0.25, 0.3) is 22.3 Å². The van der Waals surface area contributed by atoms with Gasteiger partial charge in [-0.25, -0.2) is 0 Å². The van der Waals surface area contributed by atoms with Crippen LogP contribution in [0.15, 0.2) is 91.0 Å². The SMILES string of the molecule is CC(C)(C)c1ccc2c(c1)C(C)(C)c1ccc(Nc3cccc(-c4ccccc4)c3)cc1-2. The molecule has 4 aromatic carbocycles. The van der Waals surface area contributed by atoms with Crippen molar-refractivity contribution in [1.82, 2.24) is 0 Å². The molecule has 32 heavy (non-hydrogen) atoms. The van der Waals surface area contributed by atoms with E-state index in [2.05, 4.69) is 131 Å². The van der Waals surface area contributed by atoms with E-state index in [0.717, 1.165) is 11.4 Å².